The number of aryl methyl sites for hydroxylation is 2. The molecule has 6 aromatic carbocycles. The Kier molecular flexibility index (Phi) is 16.0. The summed E-state index contributed by atoms with van der Waals surface area (Å²) in [7, 11) is 0. The zero-order chi connectivity index (χ0) is 47.7. The van der Waals surface area contributed by atoms with Crippen LogP contribution in [0.15, 0.2) is 133 Å². The lowest BCUT2D eigenvalue weighted by atomic mass is 9.59. The van der Waals surface area contributed by atoms with Crippen LogP contribution in [0, 0.1) is 25.7 Å². The highest BCUT2D eigenvalue weighted by molar-refractivity contribution is 5.89. The van der Waals surface area contributed by atoms with E-state index in [2.05, 4.69) is 185 Å². The molecule has 2 aliphatic heterocycles. The van der Waals surface area contributed by atoms with Crippen LogP contribution in [0.5, 0.6) is 0 Å². The number of fused-ring (bicyclic) bond motifs is 3. The Balaban J connectivity index is 1.24. The van der Waals surface area contributed by atoms with Gasteiger partial charge in [-0.2, -0.15) is 0 Å². The van der Waals surface area contributed by atoms with Crippen LogP contribution in [0.3, 0.4) is 0 Å². The van der Waals surface area contributed by atoms with Gasteiger partial charge in [0.2, 0.25) is 0 Å². The highest BCUT2D eigenvalue weighted by Gasteiger charge is 2.50. The highest BCUT2D eigenvalue weighted by Crippen LogP contribution is 2.60. The van der Waals surface area contributed by atoms with Crippen molar-refractivity contribution in [2.75, 3.05) is 36.2 Å². The van der Waals surface area contributed by atoms with Crippen molar-refractivity contribution in [3.05, 3.63) is 167 Å². The summed E-state index contributed by atoms with van der Waals surface area (Å²) in [5.41, 5.74) is 16.7. The van der Waals surface area contributed by atoms with E-state index in [1.54, 1.807) is 0 Å². The van der Waals surface area contributed by atoms with Crippen molar-refractivity contribution in [2.24, 2.45) is 11.8 Å². The number of hydrogen-bond acceptors (Lipinski definition) is 6. The van der Waals surface area contributed by atoms with Crippen LogP contribution in [0.2, 0.25) is 0 Å². The summed E-state index contributed by atoms with van der Waals surface area (Å²) in [5.74, 6) is 0.769. The molecule has 0 amide bonds. The Hall–Kier alpha value is -5.24. The second-order valence-electron chi connectivity index (χ2n) is 20.2. The van der Waals surface area contributed by atoms with Crippen LogP contribution in [-0.4, -0.2) is 26.4 Å². The zero-order valence-corrected chi connectivity index (χ0v) is 42.4. The van der Waals surface area contributed by atoms with E-state index in [0.29, 0.717) is 38.3 Å². The summed E-state index contributed by atoms with van der Waals surface area (Å²) in [5, 5.41) is 0. The molecule has 0 N–H and O–H groups in total. The number of rotatable bonds is 22. The van der Waals surface area contributed by atoms with Crippen molar-refractivity contribution >= 4 is 34.1 Å². The molecule has 3 aliphatic rings. The Labute approximate surface area is 414 Å². The molecule has 2 saturated heterocycles. The Morgan fingerprint density at radius 3 is 1.19 bits per heavy atom. The molecule has 69 heavy (non-hydrogen) atoms. The topological polar surface area (TPSA) is 43.4 Å². The molecule has 2 unspecified atom stereocenters. The molecule has 6 heteroatoms. The molecule has 6 nitrogen and oxygen atoms in total. The first-order valence-electron chi connectivity index (χ1n) is 26.5. The monoisotopic (exact) mass is 925 g/mol. The first-order chi connectivity index (χ1) is 33.8. The van der Waals surface area contributed by atoms with Gasteiger partial charge in [0.25, 0.3) is 0 Å². The molecule has 0 radical (unpaired) electrons. The quantitative estimate of drug-likeness (QED) is 0.0632. The average molecular weight is 925 g/mol. The van der Waals surface area contributed by atoms with Crippen LogP contribution in [0.1, 0.15) is 151 Å². The van der Waals surface area contributed by atoms with Crippen LogP contribution in [0.25, 0.3) is 11.1 Å². The van der Waals surface area contributed by atoms with Gasteiger partial charge in [-0.25, -0.2) is 0 Å². The fourth-order valence-electron chi connectivity index (χ4n) is 11.9. The number of benzene rings is 6. The summed E-state index contributed by atoms with van der Waals surface area (Å²) in [6.07, 6.45) is 14.4. The van der Waals surface area contributed by atoms with E-state index in [-0.39, 0.29) is 18.0 Å². The third-order valence-corrected chi connectivity index (χ3v) is 15.3. The van der Waals surface area contributed by atoms with Gasteiger partial charge in [0.05, 0.1) is 26.4 Å². The van der Waals surface area contributed by atoms with E-state index in [1.165, 1.54) is 122 Å². The molecule has 0 bridgehead atoms. The lowest BCUT2D eigenvalue weighted by Gasteiger charge is -2.44. The number of nitrogens with zero attached hydrogens (tertiary/aromatic N) is 2. The van der Waals surface area contributed by atoms with E-state index in [9.17, 15) is 0 Å². The largest absolute Gasteiger partial charge is 0.346 e. The summed E-state index contributed by atoms with van der Waals surface area (Å²) < 4.78 is 24.2. The molecule has 2 heterocycles. The zero-order valence-electron chi connectivity index (χ0n) is 42.4. The van der Waals surface area contributed by atoms with Crippen LogP contribution < -0.4 is 9.80 Å². The fourth-order valence-corrected chi connectivity index (χ4v) is 11.9. The van der Waals surface area contributed by atoms with Gasteiger partial charge >= 0.3 is 0 Å². The SMILES string of the molecule is CCCCCCCC(C)C1(C(C)CCCCCCC)c2cc(N(c3cccc(C)c3)c3cccc(C4OCCO4)c3)ccc2-c2ccc(N(c3cccc(C)c3)c3cccc(C4OCCO4)c3)cc21. The Morgan fingerprint density at radius 1 is 0.435 bits per heavy atom. The highest BCUT2D eigenvalue weighted by atomic mass is 16.7. The Morgan fingerprint density at radius 2 is 0.797 bits per heavy atom. The molecule has 362 valence electrons. The molecule has 0 spiro atoms. The average Bonchev–Trinajstić information content (AvgIpc) is 4.16. The molecular weight excluding hydrogens is 849 g/mol. The van der Waals surface area contributed by atoms with Gasteiger partial charge < -0.3 is 28.7 Å². The van der Waals surface area contributed by atoms with E-state index < -0.39 is 0 Å². The number of anilines is 6. The first kappa shape index (κ1) is 48.8. The minimum absolute atomic E-state index is 0.247. The maximum Gasteiger partial charge on any atom is 0.184 e. The van der Waals surface area contributed by atoms with Gasteiger partial charge in [0.15, 0.2) is 12.6 Å². The molecule has 6 aromatic rings. The first-order valence-corrected chi connectivity index (χ1v) is 26.5. The number of ether oxygens (including phenoxy) is 4. The van der Waals surface area contributed by atoms with Crippen molar-refractivity contribution in [1.29, 1.82) is 0 Å². The van der Waals surface area contributed by atoms with Gasteiger partial charge in [0.1, 0.15) is 0 Å². The molecule has 1 aliphatic carbocycles. The molecule has 0 saturated carbocycles. The number of unbranched alkanes of at least 4 members (excludes halogenated alkanes) is 8. The van der Waals surface area contributed by atoms with Crippen molar-refractivity contribution < 1.29 is 18.9 Å². The van der Waals surface area contributed by atoms with Crippen LogP contribution >= 0.6 is 0 Å². The molecule has 9 rings (SSSR count). The van der Waals surface area contributed by atoms with Crippen LogP contribution in [-0.2, 0) is 24.4 Å². The fraction of sp³-hybridized carbons (Fsp3) is 0.429. The van der Waals surface area contributed by atoms with E-state index in [1.807, 2.05) is 0 Å². The van der Waals surface area contributed by atoms with Gasteiger partial charge in [-0.15, -0.1) is 0 Å². The van der Waals surface area contributed by atoms with Crippen molar-refractivity contribution in [3.8, 4) is 11.1 Å². The molecule has 2 fully saturated rings. The predicted octanol–water partition coefficient (Wildman–Crippen LogP) is 17.6. The number of hydrogen-bond donors (Lipinski definition) is 0. The van der Waals surface area contributed by atoms with Crippen molar-refractivity contribution in [1.82, 2.24) is 0 Å². The van der Waals surface area contributed by atoms with Crippen molar-refractivity contribution in [2.45, 2.75) is 137 Å². The van der Waals surface area contributed by atoms with E-state index in [0.717, 1.165) is 33.9 Å². The van der Waals surface area contributed by atoms with Gasteiger partial charge in [0, 0.05) is 50.7 Å². The standard InChI is InChI=1S/C63H76N2O4/c1-7-9-11-13-15-23-47(5)63(48(6)24-16-14-12-10-8-2)59-43-55(64(51-27-17-21-45(3)39-51)53-29-19-25-49(41-53)61-66-35-36-67-61)31-33-57(59)58-34-32-56(44-60(58)63)65(52-28-18-22-46(4)40-52)54-30-20-26-50(42-54)62-68-37-38-69-62/h17-22,25-34,39-44,47-48,61-62H,7-16,23-24,35-38H2,1-6H3. The lowest BCUT2D eigenvalue weighted by molar-refractivity contribution is -0.0442. The Bertz CT molecular complexity index is 2450. The minimum Gasteiger partial charge on any atom is -0.346 e. The molecule has 2 atom stereocenters. The summed E-state index contributed by atoms with van der Waals surface area (Å²) in [6.45, 7) is 16.7. The minimum atomic E-state index is -0.358. The molecular formula is C63H76N2O4. The molecule has 0 aromatic heterocycles. The van der Waals surface area contributed by atoms with Crippen molar-refractivity contribution in [3.63, 3.8) is 0 Å². The second kappa shape index (κ2) is 22.7. The van der Waals surface area contributed by atoms with Gasteiger partial charge in [-0.1, -0.05) is 153 Å². The van der Waals surface area contributed by atoms with Crippen LogP contribution in [0.4, 0.5) is 34.1 Å². The predicted molar refractivity (Wildman–Crippen MR) is 286 cm³/mol. The van der Waals surface area contributed by atoms with Gasteiger partial charge in [-0.05, 0) is 145 Å². The lowest BCUT2D eigenvalue weighted by Crippen LogP contribution is -2.40. The smallest absolute Gasteiger partial charge is 0.184 e. The normalized spacial score (nSPS) is 16.4. The third-order valence-electron chi connectivity index (χ3n) is 15.3. The summed E-state index contributed by atoms with van der Waals surface area (Å²) in [6, 6.07) is 50.3. The maximum absolute atomic E-state index is 6.05. The third kappa shape index (κ3) is 10.5. The second-order valence-corrected chi connectivity index (χ2v) is 20.2. The van der Waals surface area contributed by atoms with E-state index in [4.69, 9.17) is 18.9 Å². The summed E-state index contributed by atoms with van der Waals surface area (Å²) >= 11 is 0. The maximum atomic E-state index is 6.05. The summed E-state index contributed by atoms with van der Waals surface area (Å²) in [4.78, 5) is 4.92. The van der Waals surface area contributed by atoms with Gasteiger partial charge in [-0.3, -0.25) is 0 Å². The van der Waals surface area contributed by atoms with E-state index >= 15 is 0 Å².